The number of pyridine rings is 1. The molecule has 2 aromatic heterocycles. The molecule has 3 aromatic rings. The summed E-state index contributed by atoms with van der Waals surface area (Å²) < 4.78 is 1.97. The molecular formula is C18H18N4O3. The van der Waals surface area contributed by atoms with Crippen LogP contribution in [0.25, 0.3) is 5.65 Å². The molecule has 1 N–H and O–H groups in total. The van der Waals surface area contributed by atoms with Gasteiger partial charge in [-0.15, -0.1) is 0 Å². The molecule has 0 fully saturated rings. The van der Waals surface area contributed by atoms with Crippen LogP contribution < -0.4 is 5.32 Å². The van der Waals surface area contributed by atoms with Crippen molar-refractivity contribution < 1.29 is 9.72 Å². The van der Waals surface area contributed by atoms with Crippen molar-refractivity contribution in [2.24, 2.45) is 0 Å². The number of imidazole rings is 1. The second kappa shape index (κ2) is 6.72. The summed E-state index contributed by atoms with van der Waals surface area (Å²) >= 11 is 0. The number of aryl methyl sites for hydroxylation is 3. The second-order valence-corrected chi connectivity index (χ2v) is 5.88. The highest BCUT2D eigenvalue weighted by Crippen LogP contribution is 2.22. The van der Waals surface area contributed by atoms with E-state index in [4.69, 9.17) is 0 Å². The summed E-state index contributed by atoms with van der Waals surface area (Å²) in [5, 5.41) is 13.6. The number of non-ortho nitro benzene ring substituents is 1. The molecule has 3 rings (SSSR count). The monoisotopic (exact) mass is 338 g/mol. The van der Waals surface area contributed by atoms with E-state index in [-0.39, 0.29) is 18.0 Å². The summed E-state index contributed by atoms with van der Waals surface area (Å²) in [6, 6.07) is 10.2. The third kappa shape index (κ3) is 3.50. The molecule has 0 aliphatic rings. The van der Waals surface area contributed by atoms with Crippen LogP contribution in [0.15, 0.2) is 42.6 Å². The second-order valence-electron chi connectivity index (χ2n) is 5.88. The first kappa shape index (κ1) is 16.6. The van der Waals surface area contributed by atoms with Crippen molar-refractivity contribution in [3.8, 4) is 0 Å². The first-order chi connectivity index (χ1) is 12.0. The number of carbonyl (C=O) groups excluding carboxylic acids is 1. The Morgan fingerprint density at radius 2 is 2.08 bits per heavy atom. The van der Waals surface area contributed by atoms with Gasteiger partial charge in [0.05, 0.1) is 16.3 Å². The van der Waals surface area contributed by atoms with E-state index in [9.17, 15) is 14.9 Å². The van der Waals surface area contributed by atoms with Crippen LogP contribution in [-0.4, -0.2) is 20.2 Å². The number of nitrogens with zero attached hydrogens (tertiary/aromatic N) is 3. The number of nitrogens with one attached hydrogen (secondary N) is 1. The van der Waals surface area contributed by atoms with Crippen LogP contribution in [-0.2, 0) is 11.2 Å². The Labute approximate surface area is 144 Å². The highest BCUT2D eigenvalue weighted by molar-refractivity contribution is 5.92. The number of hydrogen-bond acceptors (Lipinski definition) is 4. The summed E-state index contributed by atoms with van der Waals surface area (Å²) in [7, 11) is 0. The minimum atomic E-state index is -0.475. The zero-order valence-electron chi connectivity index (χ0n) is 14.0. The number of nitro benzene ring substituents is 1. The van der Waals surface area contributed by atoms with Crippen LogP contribution in [0.4, 0.5) is 11.4 Å². The molecule has 1 amide bonds. The SMILES string of the molecule is Cc1ccc([N+](=O)[O-])cc1NC(=O)CCc1c(C)nc2ccccn12. The molecular weight excluding hydrogens is 320 g/mol. The van der Waals surface area contributed by atoms with Gasteiger partial charge in [-0.3, -0.25) is 14.9 Å². The standard InChI is InChI=1S/C18H18N4O3/c1-12-6-7-14(22(24)25)11-15(12)20-18(23)9-8-16-13(2)19-17-5-3-4-10-21(16)17/h3-7,10-11H,8-9H2,1-2H3,(H,20,23). The maximum Gasteiger partial charge on any atom is 0.271 e. The van der Waals surface area contributed by atoms with Gasteiger partial charge in [0.2, 0.25) is 5.91 Å². The van der Waals surface area contributed by atoms with Crippen LogP contribution >= 0.6 is 0 Å². The largest absolute Gasteiger partial charge is 0.326 e. The molecule has 0 spiro atoms. The van der Waals surface area contributed by atoms with Gasteiger partial charge in [0.25, 0.3) is 5.69 Å². The number of rotatable bonds is 5. The average Bonchev–Trinajstić information content (AvgIpc) is 2.90. The van der Waals surface area contributed by atoms with E-state index in [1.165, 1.54) is 12.1 Å². The van der Waals surface area contributed by atoms with Gasteiger partial charge >= 0.3 is 0 Å². The Bertz CT molecular complexity index is 962. The molecule has 0 unspecified atom stereocenters. The minimum Gasteiger partial charge on any atom is -0.326 e. The molecule has 7 nitrogen and oxygen atoms in total. The fourth-order valence-corrected chi connectivity index (χ4v) is 2.77. The van der Waals surface area contributed by atoms with E-state index in [1.54, 1.807) is 13.0 Å². The number of carbonyl (C=O) groups is 1. The van der Waals surface area contributed by atoms with Crippen LogP contribution in [0.1, 0.15) is 23.4 Å². The lowest BCUT2D eigenvalue weighted by molar-refractivity contribution is -0.384. The molecule has 0 saturated carbocycles. The summed E-state index contributed by atoms with van der Waals surface area (Å²) in [5.74, 6) is -0.186. The molecule has 0 aliphatic heterocycles. The number of hydrogen-bond donors (Lipinski definition) is 1. The van der Waals surface area contributed by atoms with Gasteiger partial charge in [0.1, 0.15) is 5.65 Å². The van der Waals surface area contributed by atoms with E-state index in [0.717, 1.165) is 22.6 Å². The van der Waals surface area contributed by atoms with E-state index in [2.05, 4.69) is 10.3 Å². The number of aromatic nitrogens is 2. The Balaban J connectivity index is 1.72. The molecule has 25 heavy (non-hydrogen) atoms. The third-order valence-electron chi connectivity index (χ3n) is 4.12. The summed E-state index contributed by atoms with van der Waals surface area (Å²) in [6.45, 7) is 3.72. The molecule has 0 radical (unpaired) electrons. The summed E-state index contributed by atoms with van der Waals surface area (Å²) in [6.07, 6.45) is 2.73. The normalized spacial score (nSPS) is 10.8. The van der Waals surface area contributed by atoms with Crippen molar-refractivity contribution in [3.05, 3.63) is 69.7 Å². The van der Waals surface area contributed by atoms with Crippen molar-refractivity contribution in [1.82, 2.24) is 9.38 Å². The van der Waals surface area contributed by atoms with Crippen molar-refractivity contribution >= 4 is 22.9 Å². The first-order valence-corrected chi connectivity index (χ1v) is 7.93. The van der Waals surface area contributed by atoms with E-state index < -0.39 is 4.92 Å². The lowest BCUT2D eigenvalue weighted by atomic mass is 10.1. The zero-order valence-corrected chi connectivity index (χ0v) is 14.0. The van der Waals surface area contributed by atoms with E-state index >= 15 is 0 Å². The fourth-order valence-electron chi connectivity index (χ4n) is 2.77. The molecule has 1 aromatic carbocycles. The lowest BCUT2D eigenvalue weighted by Crippen LogP contribution is -2.14. The summed E-state index contributed by atoms with van der Waals surface area (Å²) in [5.41, 5.74) is 3.94. The lowest BCUT2D eigenvalue weighted by Gasteiger charge is -2.08. The molecule has 7 heteroatoms. The molecule has 0 aliphatic carbocycles. The maximum atomic E-state index is 12.3. The topological polar surface area (TPSA) is 89.5 Å². The van der Waals surface area contributed by atoms with Gasteiger partial charge in [-0.2, -0.15) is 0 Å². The van der Waals surface area contributed by atoms with Gasteiger partial charge in [0, 0.05) is 30.4 Å². The fraction of sp³-hybridized carbons (Fsp3) is 0.222. The quantitative estimate of drug-likeness (QED) is 0.570. The maximum absolute atomic E-state index is 12.3. The van der Waals surface area contributed by atoms with Crippen molar-refractivity contribution in [1.29, 1.82) is 0 Å². The Morgan fingerprint density at radius 3 is 2.84 bits per heavy atom. The van der Waals surface area contributed by atoms with Gasteiger partial charge in [-0.1, -0.05) is 12.1 Å². The highest BCUT2D eigenvalue weighted by Gasteiger charge is 2.13. The zero-order chi connectivity index (χ0) is 18.0. The van der Waals surface area contributed by atoms with Crippen molar-refractivity contribution in [3.63, 3.8) is 0 Å². The number of amides is 1. The highest BCUT2D eigenvalue weighted by atomic mass is 16.6. The number of fused-ring (bicyclic) bond motifs is 1. The number of nitro groups is 1. The molecule has 0 saturated heterocycles. The van der Waals surface area contributed by atoms with E-state index in [1.807, 2.05) is 35.7 Å². The molecule has 0 bridgehead atoms. The predicted octanol–water partition coefficient (Wildman–Crippen LogP) is 3.43. The summed E-state index contributed by atoms with van der Waals surface area (Å²) in [4.78, 5) is 27.2. The van der Waals surface area contributed by atoms with Crippen LogP contribution in [0.2, 0.25) is 0 Å². The number of anilines is 1. The minimum absolute atomic E-state index is 0.0430. The van der Waals surface area contributed by atoms with Gasteiger partial charge in [0.15, 0.2) is 0 Å². The van der Waals surface area contributed by atoms with Crippen LogP contribution in [0.3, 0.4) is 0 Å². The van der Waals surface area contributed by atoms with Gasteiger partial charge < -0.3 is 9.72 Å². The van der Waals surface area contributed by atoms with Crippen molar-refractivity contribution in [2.45, 2.75) is 26.7 Å². The van der Waals surface area contributed by atoms with Gasteiger partial charge in [-0.25, -0.2) is 4.98 Å². The van der Waals surface area contributed by atoms with Gasteiger partial charge in [-0.05, 0) is 38.0 Å². The smallest absolute Gasteiger partial charge is 0.271 e. The van der Waals surface area contributed by atoms with Crippen LogP contribution in [0.5, 0.6) is 0 Å². The predicted molar refractivity (Wildman–Crippen MR) is 94.7 cm³/mol. The van der Waals surface area contributed by atoms with Crippen LogP contribution in [0, 0.1) is 24.0 Å². The molecule has 128 valence electrons. The average molecular weight is 338 g/mol. The number of benzene rings is 1. The van der Waals surface area contributed by atoms with E-state index in [0.29, 0.717) is 12.1 Å². The Kier molecular flexibility index (Phi) is 4.47. The molecule has 0 atom stereocenters. The molecule has 2 heterocycles. The van der Waals surface area contributed by atoms with Crippen molar-refractivity contribution in [2.75, 3.05) is 5.32 Å². The Morgan fingerprint density at radius 1 is 1.28 bits per heavy atom. The first-order valence-electron chi connectivity index (χ1n) is 7.93. The third-order valence-corrected chi connectivity index (χ3v) is 4.12. The Hall–Kier alpha value is -3.22.